The van der Waals surface area contributed by atoms with Crippen LogP contribution in [0.4, 0.5) is 0 Å². The number of hydrogen-bond acceptors (Lipinski definition) is 3. The number of benzene rings is 1. The van der Waals surface area contributed by atoms with Crippen LogP contribution >= 0.6 is 0 Å². The van der Waals surface area contributed by atoms with Gasteiger partial charge in [0, 0.05) is 30.4 Å². The van der Waals surface area contributed by atoms with Gasteiger partial charge in [0.05, 0.1) is 12.2 Å². The summed E-state index contributed by atoms with van der Waals surface area (Å²) in [5.74, 6) is 0.0790. The van der Waals surface area contributed by atoms with Gasteiger partial charge >= 0.3 is 0 Å². The highest BCUT2D eigenvalue weighted by molar-refractivity contribution is 5.94. The summed E-state index contributed by atoms with van der Waals surface area (Å²) in [4.78, 5) is 14.5. The molecule has 0 saturated carbocycles. The van der Waals surface area contributed by atoms with E-state index in [1.807, 2.05) is 47.7 Å². The van der Waals surface area contributed by atoms with E-state index < -0.39 is 0 Å². The van der Waals surface area contributed by atoms with Crippen molar-refractivity contribution in [2.24, 2.45) is 5.73 Å². The molecule has 1 aliphatic rings. The lowest BCUT2D eigenvalue weighted by atomic mass is 10.0. The van der Waals surface area contributed by atoms with Gasteiger partial charge < -0.3 is 10.6 Å². The number of likely N-dealkylation sites (tertiary alicyclic amines) is 1. The number of aromatic nitrogens is 2. The quantitative estimate of drug-likeness (QED) is 0.944. The van der Waals surface area contributed by atoms with Crippen molar-refractivity contribution < 1.29 is 4.79 Å². The predicted octanol–water partition coefficient (Wildman–Crippen LogP) is 2.11. The molecule has 5 heteroatoms. The normalized spacial score (nSPS) is 18.2. The first-order chi connectivity index (χ1) is 11.0. The van der Waals surface area contributed by atoms with E-state index in [0.29, 0.717) is 13.1 Å². The van der Waals surface area contributed by atoms with E-state index in [2.05, 4.69) is 11.2 Å². The van der Waals surface area contributed by atoms with Crippen LogP contribution in [-0.4, -0.2) is 39.7 Å². The number of nitrogens with two attached hydrogens (primary N) is 1. The summed E-state index contributed by atoms with van der Waals surface area (Å²) in [6.45, 7) is 6.17. The van der Waals surface area contributed by atoms with E-state index in [1.165, 1.54) is 0 Å². The topological polar surface area (TPSA) is 64.2 Å². The van der Waals surface area contributed by atoms with Crippen molar-refractivity contribution in [2.75, 3.05) is 13.1 Å². The molecule has 1 amide bonds. The van der Waals surface area contributed by atoms with Crippen molar-refractivity contribution in [1.82, 2.24) is 14.7 Å². The fourth-order valence-electron chi connectivity index (χ4n) is 3.19. The van der Waals surface area contributed by atoms with E-state index in [1.54, 1.807) is 0 Å². The zero-order valence-electron chi connectivity index (χ0n) is 13.8. The molecule has 1 saturated heterocycles. The van der Waals surface area contributed by atoms with Gasteiger partial charge in [0.25, 0.3) is 5.91 Å². The lowest BCUT2D eigenvalue weighted by molar-refractivity contribution is 0.0708. The number of nitrogens with zero attached hydrogens (tertiary/aromatic N) is 3. The Morgan fingerprint density at radius 1 is 1.35 bits per heavy atom. The molecule has 1 unspecified atom stereocenters. The van der Waals surface area contributed by atoms with E-state index in [-0.39, 0.29) is 11.9 Å². The fourth-order valence-corrected chi connectivity index (χ4v) is 3.19. The summed E-state index contributed by atoms with van der Waals surface area (Å²) in [6, 6.07) is 9.99. The summed E-state index contributed by atoms with van der Waals surface area (Å²) in [5.41, 5.74) is 9.94. The molecule has 23 heavy (non-hydrogen) atoms. The minimum atomic E-state index is 0.0790. The molecule has 1 atom stereocenters. The largest absolute Gasteiger partial charge is 0.337 e. The van der Waals surface area contributed by atoms with Crippen molar-refractivity contribution >= 4 is 5.91 Å². The Hall–Kier alpha value is -2.14. The molecule has 122 valence electrons. The number of carbonyl (C=O) groups excluding carboxylic acids is 1. The van der Waals surface area contributed by atoms with Crippen LogP contribution < -0.4 is 5.73 Å². The second-order valence-corrected chi connectivity index (χ2v) is 6.44. The van der Waals surface area contributed by atoms with Crippen LogP contribution in [0.1, 0.15) is 40.2 Å². The molecule has 0 spiro atoms. The average Bonchev–Trinajstić information content (AvgIpc) is 2.84. The van der Waals surface area contributed by atoms with Crippen molar-refractivity contribution in [3.05, 3.63) is 52.8 Å². The first-order valence-electron chi connectivity index (χ1n) is 8.18. The lowest BCUT2D eigenvalue weighted by Gasteiger charge is -2.30. The number of hydrogen-bond donors (Lipinski definition) is 1. The van der Waals surface area contributed by atoms with Gasteiger partial charge in [-0.25, -0.2) is 0 Å². The monoisotopic (exact) mass is 312 g/mol. The Kier molecular flexibility index (Phi) is 4.48. The van der Waals surface area contributed by atoms with E-state index >= 15 is 0 Å². The number of piperidine rings is 1. The maximum atomic E-state index is 12.7. The third-order valence-electron chi connectivity index (χ3n) is 4.35. The van der Waals surface area contributed by atoms with Crippen molar-refractivity contribution in [3.63, 3.8) is 0 Å². The van der Waals surface area contributed by atoms with Crippen LogP contribution in [0.15, 0.2) is 30.3 Å². The smallest absolute Gasteiger partial charge is 0.253 e. The molecule has 1 aromatic carbocycles. The Bertz CT molecular complexity index is 707. The third-order valence-corrected chi connectivity index (χ3v) is 4.35. The first-order valence-corrected chi connectivity index (χ1v) is 8.18. The van der Waals surface area contributed by atoms with E-state index in [0.717, 1.165) is 41.9 Å². The lowest BCUT2D eigenvalue weighted by Crippen LogP contribution is -2.45. The molecule has 3 rings (SSSR count). The van der Waals surface area contributed by atoms with Crippen LogP contribution in [0.2, 0.25) is 0 Å². The maximum Gasteiger partial charge on any atom is 0.253 e. The highest BCUT2D eigenvalue weighted by atomic mass is 16.2. The Morgan fingerprint density at radius 3 is 2.87 bits per heavy atom. The van der Waals surface area contributed by atoms with Gasteiger partial charge in [-0.2, -0.15) is 5.10 Å². The third kappa shape index (κ3) is 3.62. The molecule has 1 fully saturated rings. The zero-order chi connectivity index (χ0) is 16.4. The standard InChI is InChI=1S/C18H24N4O/c1-13-9-14(2)22(20-13)11-15-5-3-6-16(10-15)18(23)21-8-4-7-17(19)12-21/h3,5-6,9-10,17H,4,7-8,11-12,19H2,1-2H3. The van der Waals surface area contributed by atoms with Gasteiger partial charge in [-0.3, -0.25) is 9.48 Å². The van der Waals surface area contributed by atoms with Crippen molar-refractivity contribution in [1.29, 1.82) is 0 Å². The number of rotatable bonds is 3. The van der Waals surface area contributed by atoms with Gasteiger partial charge in [0.1, 0.15) is 0 Å². The zero-order valence-corrected chi connectivity index (χ0v) is 13.8. The van der Waals surface area contributed by atoms with Crippen LogP contribution in [-0.2, 0) is 6.54 Å². The number of carbonyl (C=O) groups is 1. The molecule has 2 N–H and O–H groups in total. The fraction of sp³-hybridized carbons (Fsp3) is 0.444. The molecule has 1 aromatic heterocycles. The maximum absolute atomic E-state index is 12.7. The number of aryl methyl sites for hydroxylation is 2. The second-order valence-electron chi connectivity index (χ2n) is 6.44. The second kappa shape index (κ2) is 6.54. The van der Waals surface area contributed by atoms with E-state index in [4.69, 9.17) is 5.73 Å². The van der Waals surface area contributed by atoms with Gasteiger partial charge in [0.2, 0.25) is 0 Å². The van der Waals surface area contributed by atoms with E-state index in [9.17, 15) is 4.79 Å². The molecular formula is C18H24N4O. The van der Waals surface area contributed by atoms with Gasteiger partial charge in [0.15, 0.2) is 0 Å². The first kappa shape index (κ1) is 15.7. The average molecular weight is 312 g/mol. The molecule has 1 aliphatic heterocycles. The van der Waals surface area contributed by atoms with Crippen LogP contribution in [0.5, 0.6) is 0 Å². The molecular weight excluding hydrogens is 288 g/mol. The molecule has 0 bridgehead atoms. The van der Waals surface area contributed by atoms with Crippen LogP contribution in [0.3, 0.4) is 0 Å². The minimum absolute atomic E-state index is 0.0790. The highest BCUT2D eigenvalue weighted by Crippen LogP contribution is 2.15. The van der Waals surface area contributed by atoms with Crippen molar-refractivity contribution in [3.8, 4) is 0 Å². The predicted molar refractivity (Wildman–Crippen MR) is 90.4 cm³/mol. The molecule has 2 heterocycles. The molecule has 5 nitrogen and oxygen atoms in total. The SMILES string of the molecule is Cc1cc(C)n(Cc2cccc(C(=O)N3CCCC(N)C3)c2)n1. The summed E-state index contributed by atoms with van der Waals surface area (Å²) in [7, 11) is 0. The van der Waals surface area contributed by atoms with Gasteiger partial charge in [-0.15, -0.1) is 0 Å². The molecule has 0 radical (unpaired) electrons. The van der Waals surface area contributed by atoms with Gasteiger partial charge in [-0.1, -0.05) is 12.1 Å². The highest BCUT2D eigenvalue weighted by Gasteiger charge is 2.22. The summed E-state index contributed by atoms with van der Waals surface area (Å²) in [6.07, 6.45) is 1.99. The number of amides is 1. The molecule has 2 aromatic rings. The summed E-state index contributed by atoms with van der Waals surface area (Å²) >= 11 is 0. The Balaban J connectivity index is 1.76. The summed E-state index contributed by atoms with van der Waals surface area (Å²) < 4.78 is 1.97. The Labute approximate surface area is 137 Å². The Morgan fingerprint density at radius 2 is 2.17 bits per heavy atom. The van der Waals surface area contributed by atoms with Crippen LogP contribution in [0, 0.1) is 13.8 Å². The summed E-state index contributed by atoms with van der Waals surface area (Å²) in [5, 5.41) is 4.48. The molecule has 0 aliphatic carbocycles. The van der Waals surface area contributed by atoms with Crippen molar-refractivity contribution in [2.45, 2.75) is 39.3 Å². The van der Waals surface area contributed by atoms with Crippen LogP contribution in [0.25, 0.3) is 0 Å². The minimum Gasteiger partial charge on any atom is -0.337 e. The van der Waals surface area contributed by atoms with Gasteiger partial charge in [-0.05, 0) is 50.5 Å².